The summed E-state index contributed by atoms with van der Waals surface area (Å²) in [5, 5.41) is 7.83. The predicted octanol–water partition coefficient (Wildman–Crippen LogP) is 1.69. The summed E-state index contributed by atoms with van der Waals surface area (Å²) in [6, 6.07) is 13.7. The van der Waals surface area contributed by atoms with Crippen LogP contribution < -0.4 is 15.2 Å². The number of amides is 1. The molecule has 0 aliphatic carbocycles. The number of nitrogens with one attached hydrogen (secondary N) is 2. The topological polar surface area (TPSA) is 149 Å². The number of nitrogens with two attached hydrogens (primary N) is 1. The van der Waals surface area contributed by atoms with E-state index in [-0.39, 0.29) is 28.4 Å². The van der Waals surface area contributed by atoms with Gasteiger partial charge in [0.25, 0.3) is 5.91 Å². The third-order valence-corrected chi connectivity index (χ3v) is 7.06. The first-order chi connectivity index (χ1) is 15.1. The van der Waals surface area contributed by atoms with Crippen LogP contribution in [0.3, 0.4) is 0 Å². The SMILES string of the molecule is Cc1ccc(S(=O)(=O)NCc2ccco2)cc1C(=O)NCCc1ccc(S(N)(=O)=O)cc1. The average molecular weight is 478 g/mol. The third kappa shape index (κ3) is 6.04. The Kier molecular flexibility index (Phi) is 7.14. The Bertz CT molecular complexity index is 1300. The highest BCUT2D eigenvalue weighted by Gasteiger charge is 2.18. The van der Waals surface area contributed by atoms with Crippen molar-refractivity contribution >= 4 is 26.0 Å². The number of benzene rings is 2. The first-order valence-corrected chi connectivity index (χ1v) is 12.6. The summed E-state index contributed by atoms with van der Waals surface area (Å²) in [6.07, 6.45) is 1.91. The Labute approximate surface area is 186 Å². The molecule has 0 radical (unpaired) electrons. The zero-order valence-electron chi connectivity index (χ0n) is 17.2. The van der Waals surface area contributed by atoms with Crippen LogP contribution in [0.1, 0.15) is 27.2 Å². The number of aryl methyl sites for hydroxylation is 1. The van der Waals surface area contributed by atoms with Gasteiger partial charge in [0.2, 0.25) is 20.0 Å². The molecule has 1 heterocycles. The normalized spacial score (nSPS) is 11.9. The van der Waals surface area contributed by atoms with Crippen LogP contribution in [0.25, 0.3) is 0 Å². The number of hydrogen-bond donors (Lipinski definition) is 3. The number of rotatable bonds is 9. The molecule has 32 heavy (non-hydrogen) atoms. The van der Waals surface area contributed by atoms with Crippen molar-refractivity contribution in [2.75, 3.05) is 6.54 Å². The van der Waals surface area contributed by atoms with Crippen molar-refractivity contribution in [2.45, 2.75) is 29.7 Å². The maximum absolute atomic E-state index is 12.6. The van der Waals surface area contributed by atoms with Gasteiger partial charge in [-0.05, 0) is 60.9 Å². The maximum Gasteiger partial charge on any atom is 0.251 e. The van der Waals surface area contributed by atoms with E-state index in [0.717, 1.165) is 5.56 Å². The van der Waals surface area contributed by atoms with Gasteiger partial charge in [0.15, 0.2) is 0 Å². The van der Waals surface area contributed by atoms with Crippen molar-refractivity contribution in [3.05, 3.63) is 83.3 Å². The Balaban J connectivity index is 1.63. The molecule has 0 saturated carbocycles. The van der Waals surface area contributed by atoms with Gasteiger partial charge in [-0.3, -0.25) is 4.79 Å². The van der Waals surface area contributed by atoms with Crippen LogP contribution in [-0.4, -0.2) is 29.3 Å². The second-order valence-corrected chi connectivity index (χ2v) is 10.4. The van der Waals surface area contributed by atoms with Gasteiger partial charge in [0.1, 0.15) is 5.76 Å². The fourth-order valence-electron chi connectivity index (χ4n) is 2.94. The van der Waals surface area contributed by atoms with E-state index in [1.54, 1.807) is 37.3 Å². The van der Waals surface area contributed by atoms with E-state index in [1.807, 2.05) is 0 Å². The van der Waals surface area contributed by atoms with E-state index in [2.05, 4.69) is 10.0 Å². The van der Waals surface area contributed by atoms with Crippen molar-refractivity contribution in [1.29, 1.82) is 0 Å². The molecule has 0 bridgehead atoms. The van der Waals surface area contributed by atoms with E-state index in [4.69, 9.17) is 9.56 Å². The van der Waals surface area contributed by atoms with Crippen LogP contribution in [0.15, 0.2) is 75.1 Å². The van der Waals surface area contributed by atoms with Crippen LogP contribution in [0.2, 0.25) is 0 Å². The Hall–Kier alpha value is -2.99. The molecule has 3 rings (SSSR count). The van der Waals surface area contributed by atoms with Gasteiger partial charge in [0, 0.05) is 12.1 Å². The van der Waals surface area contributed by atoms with Gasteiger partial charge in [-0.1, -0.05) is 18.2 Å². The number of furan rings is 1. The van der Waals surface area contributed by atoms with Gasteiger partial charge < -0.3 is 9.73 Å². The highest BCUT2D eigenvalue weighted by atomic mass is 32.2. The first-order valence-electron chi connectivity index (χ1n) is 9.59. The summed E-state index contributed by atoms with van der Waals surface area (Å²) >= 11 is 0. The molecule has 0 aliphatic heterocycles. The van der Waals surface area contributed by atoms with E-state index >= 15 is 0 Å². The fourth-order valence-corrected chi connectivity index (χ4v) is 4.47. The second-order valence-electron chi connectivity index (χ2n) is 7.08. The van der Waals surface area contributed by atoms with E-state index in [0.29, 0.717) is 17.7 Å². The molecule has 9 nitrogen and oxygen atoms in total. The summed E-state index contributed by atoms with van der Waals surface area (Å²) in [5.41, 5.74) is 1.69. The summed E-state index contributed by atoms with van der Waals surface area (Å²) < 4.78 is 55.3. The number of primary sulfonamides is 1. The number of carbonyl (C=O) groups excluding carboxylic acids is 1. The minimum atomic E-state index is -3.84. The van der Waals surface area contributed by atoms with Crippen molar-refractivity contribution in [2.24, 2.45) is 5.14 Å². The van der Waals surface area contributed by atoms with Crippen molar-refractivity contribution < 1.29 is 26.0 Å². The first kappa shape index (κ1) is 23.7. The predicted molar refractivity (Wildman–Crippen MR) is 118 cm³/mol. The summed E-state index contributed by atoms with van der Waals surface area (Å²) in [6.45, 7) is 1.99. The second kappa shape index (κ2) is 9.65. The molecule has 170 valence electrons. The smallest absolute Gasteiger partial charge is 0.251 e. The third-order valence-electron chi connectivity index (χ3n) is 4.73. The van der Waals surface area contributed by atoms with E-state index in [9.17, 15) is 21.6 Å². The molecule has 0 spiro atoms. The highest BCUT2D eigenvalue weighted by Crippen LogP contribution is 2.16. The van der Waals surface area contributed by atoms with Gasteiger partial charge in [0.05, 0.1) is 22.6 Å². The zero-order chi connectivity index (χ0) is 23.4. The van der Waals surface area contributed by atoms with Crippen LogP contribution in [0.4, 0.5) is 0 Å². The van der Waals surface area contributed by atoms with Crippen molar-refractivity contribution in [3.8, 4) is 0 Å². The lowest BCUT2D eigenvalue weighted by molar-refractivity contribution is 0.0953. The molecule has 3 aromatic rings. The minimum absolute atomic E-state index is 0.00497. The molecule has 1 aromatic heterocycles. The lowest BCUT2D eigenvalue weighted by Gasteiger charge is -2.11. The summed E-state index contributed by atoms with van der Waals surface area (Å²) in [5.74, 6) is 0.0579. The van der Waals surface area contributed by atoms with Crippen LogP contribution in [0, 0.1) is 6.92 Å². The highest BCUT2D eigenvalue weighted by molar-refractivity contribution is 7.89. The molecular formula is C21H23N3O6S2. The molecule has 1 amide bonds. The molecule has 4 N–H and O–H groups in total. The molecular weight excluding hydrogens is 454 g/mol. The number of hydrogen-bond acceptors (Lipinski definition) is 6. The Morgan fingerprint density at radius 3 is 2.31 bits per heavy atom. The minimum Gasteiger partial charge on any atom is -0.468 e. The van der Waals surface area contributed by atoms with Crippen molar-refractivity contribution in [3.63, 3.8) is 0 Å². The van der Waals surface area contributed by atoms with Gasteiger partial charge in [-0.25, -0.2) is 26.7 Å². The molecule has 0 unspecified atom stereocenters. The van der Waals surface area contributed by atoms with Gasteiger partial charge in [-0.15, -0.1) is 0 Å². The maximum atomic E-state index is 12.6. The zero-order valence-corrected chi connectivity index (χ0v) is 18.9. The van der Waals surface area contributed by atoms with Gasteiger partial charge in [-0.2, -0.15) is 0 Å². The van der Waals surface area contributed by atoms with Crippen LogP contribution >= 0.6 is 0 Å². The summed E-state index contributed by atoms with van der Waals surface area (Å²) in [4.78, 5) is 12.6. The van der Waals surface area contributed by atoms with Crippen LogP contribution in [-0.2, 0) is 33.0 Å². The average Bonchev–Trinajstić information content (AvgIpc) is 3.26. The van der Waals surface area contributed by atoms with Crippen molar-refractivity contribution in [1.82, 2.24) is 10.0 Å². The lowest BCUT2D eigenvalue weighted by atomic mass is 10.1. The Morgan fingerprint density at radius 1 is 1.00 bits per heavy atom. The molecule has 0 fully saturated rings. The lowest BCUT2D eigenvalue weighted by Crippen LogP contribution is -2.27. The monoisotopic (exact) mass is 477 g/mol. The number of sulfonamides is 2. The number of carbonyl (C=O) groups is 1. The Morgan fingerprint density at radius 2 is 1.69 bits per heavy atom. The van der Waals surface area contributed by atoms with Crippen LogP contribution in [0.5, 0.6) is 0 Å². The standard InChI is InChI=1S/C21H23N3O6S2/c1-15-4-7-19(32(28,29)24-14-17-3-2-12-30-17)13-20(15)21(25)23-11-10-16-5-8-18(9-6-16)31(22,26)27/h2-9,12-13,24H,10-11,14H2,1H3,(H,23,25)(H2,22,26,27). The largest absolute Gasteiger partial charge is 0.468 e. The summed E-state index contributed by atoms with van der Waals surface area (Å²) in [7, 11) is -7.59. The molecule has 0 saturated heterocycles. The molecule has 0 atom stereocenters. The van der Waals surface area contributed by atoms with E-state index < -0.39 is 26.0 Å². The molecule has 0 aliphatic rings. The quantitative estimate of drug-likeness (QED) is 0.427. The van der Waals surface area contributed by atoms with Gasteiger partial charge >= 0.3 is 0 Å². The molecule has 11 heteroatoms. The molecule has 2 aromatic carbocycles. The van der Waals surface area contributed by atoms with E-state index in [1.165, 1.54) is 30.5 Å². The fraction of sp³-hybridized carbons (Fsp3) is 0.190.